The standard InChI is InChI=1S/C17H19NO6S/c1-17(2)8-14(19)13-4-3-12(7-15(13)24-17)23-9-16(20)18-11-5-6-25(21,22)10-11/h3-7,11H,8-10H2,1-2H3,(H,18,20). The van der Waals surface area contributed by atoms with Gasteiger partial charge in [0, 0.05) is 11.5 Å². The Bertz CT molecular complexity index is 856. The summed E-state index contributed by atoms with van der Waals surface area (Å²) in [6.45, 7) is 3.40. The van der Waals surface area contributed by atoms with Crippen molar-refractivity contribution in [3.05, 3.63) is 35.2 Å². The number of ketones is 1. The van der Waals surface area contributed by atoms with E-state index in [1.165, 1.54) is 6.08 Å². The summed E-state index contributed by atoms with van der Waals surface area (Å²) in [5, 5.41) is 3.67. The minimum atomic E-state index is -3.22. The predicted molar refractivity (Wildman–Crippen MR) is 90.4 cm³/mol. The molecule has 0 fully saturated rings. The van der Waals surface area contributed by atoms with E-state index in [4.69, 9.17) is 9.47 Å². The van der Waals surface area contributed by atoms with Crippen LogP contribution < -0.4 is 14.8 Å². The molecule has 1 aromatic rings. The highest BCUT2D eigenvalue weighted by Gasteiger charge is 2.32. The zero-order valence-electron chi connectivity index (χ0n) is 13.9. The lowest BCUT2D eigenvalue weighted by atomic mass is 9.93. The first-order chi connectivity index (χ1) is 11.6. The van der Waals surface area contributed by atoms with Crippen molar-refractivity contribution in [2.45, 2.75) is 31.9 Å². The van der Waals surface area contributed by atoms with Crippen molar-refractivity contribution in [3.8, 4) is 11.5 Å². The Kier molecular flexibility index (Phi) is 4.32. The molecule has 1 aromatic carbocycles. The Balaban J connectivity index is 1.60. The number of hydrogen-bond acceptors (Lipinski definition) is 6. The monoisotopic (exact) mass is 365 g/mol. The lowest BCUT2D eigenvalue weighted by Crippen LogP contribution is -2.38. The largest absolute Gasteiger partial charge is 0.486 e. The number of amides is 1. The lowest BCUT2D eigenvalue weighted by Gasteiger charge is -2.31. The number of ether oxygens (including phenoxy) is 2. The van der Waals surface area contributed by atoms with Gasteiger partial charge in [0.25, 0.3) is 5.91 Å². The van der Waals surface area contributed by atoms with Crippen LogP contribution in [0.25, 0.3) is 0 Å². The Morgan fingerprint density at radius 2 is 2.16 bits per heavy atom. The van der Waals surface area contributed by atoms with E-state index < -0.39 is 27.4 Å². The van der Waals surface area contributed by atoms with Crippen molar-refractivity contribution >= 4 is 21.5 Å². The third-order valence-corrected chi connectivity index (χ3v) is 5.27. The Morgan fingerprint density at radius 3 is 2.84 bits per heavy atom. The molecule has 1 unspecified atom stereocenters. The maximum absolute atomic E-state index is 12.1. The van der Waals surface area contributed by atoms with E-state index in [1.807, 2.05) is 13.8 Å². The third kappa shape index (κ3) is 4.19. The fourth-order valence-electron chi connectivity index (χ4n) is 2.79. The molecule has 1 N–H and O–H groups in total. The second-order valence-electron chi connectivity index (χ2n) is 6.74. The molecule has 1 atom stereocenters. The molecule has 0 saturated heterocycles. The summed E-state index contributed by atoms with van der Waals surface area (Å²) in [6.07, 6.45) is 1.74. The summed E-state index contributed by atoms with van der Waals surface area (Å²) in [5.41, 5.74) is -0.0853. The second-order valence-corrected chi connectivity index (χ2v) is 8.67. The van der Waals surface area contributed by atoms with E-state index in [1.54, 1.807) is 18.2 Å². The van der Waals surface area contributed by atoms with Gasteiger partial charge in [-0.2, -0.15) is 0 Å². The van der Waals surface area contributed by atoms with Crippen LogP contribution in [0.2, 0.25) is 0 Å². The highest BCUT2D eigenvalue weighted by molar-refractivity contribution is 7.94. The van der Waals surface area contributed by atoms with Gasteiger partial charge in [0.05, 0.1) is 23.8 Å². The van der Waals surface area contributed by atoms with E-state index in [-0.39, 0.29) is 18.1 Å². The molecule has 25 heavy (non-hydrogen) atoms. The first-order valence-electron chi connectivity index (χ1n) is 7.83. The third-order valence-electron chi connectivity index (χ3n) is 3.87. The summed E-state index contributed by atoms with van der Waals surface area (Å²) in [7, 11) is -3.22. The van der Waals surface area contributed by atoms with Crippen LogP contribution in [0.4, 0.5) is 0 Å². The van der Waals surface area contributed by atoms with Crippen LogP contribution in [-0.4, -0.2) is 44.1 Å². The van der Waals surface area contributed by atoms with Gasteiger partial charge in [0.2, 0.25) is 0 Å². The number of fused-ring (bicyclic) bond motifs is 1. The number of sulfone groups is 1. The Labute approximate surface area is 145 Å². The summed E-state index contributed by atoms with van der Waals surface area (Å²) in [5.74, 6) is 0.271. The number of benzene rings is 1. The van der Waals surface area contributed by atoms with Crippen molar-refractivity contribution in [3.63, 3.8) is 0 Å². The first-order valence-corrected chi connectivity index (χ1v) is 9.54. The second kappa shape index (κ2) is 6.18. The fourth-order valence-corrected chi connectivity index (χ4v) is 4.02. The van der Waals surface area contributed by atoms with Crippen molar-refractivity contribution < 1.29 is 27.5 Å². The first kappa shape index (κ1) is 17.5. The van der Waals surface area contributed by atoms with Gasteiger partial charge in [-0.25, -0.2) is 8.42 Å². The van der Waals surface area contributed by atoms with Crippen LogP contribution in [0.3, 0.4) is 0 Å². The van der Waals surface area contributed by atoms with Gasteiger partial charge in [-0.05, 0) is 32.1 Å². The van der Waals surface area contributed by atoms with Gasteiger partial charge in [0.15, 0.2) is 22.2 Å². The van der Waals surface area contributed by atoms with Gasteiger partial charge < -0.3 is 14.8 Å². The topological polar surface area (TPSA) is 98.8 Å². The number of carbonyl (C=O) groups excluding carboxylic acids is 2. The molecule has 134 valence electrons. The van der Waals surface area contributed by atoms with E-state index in [0.29, 0.717) is 23.5 Å². The summed E-state index contributed by atoms with van der Waals surface area (Å²) in [4.78, 5) is 24.0. The molecule has 1 amide bonds. The molecule has 0 saturated carbocycles. The van der Waals surface area contributed by atoms with Crippen molar-refractivity contribution in [1.29, 1.82) is 0 Å². The number of carbonyl (C=O) groups is 2. The van der Waals surface area contributed by atoms with Crippen LogP contribution in [0.1, 0.15) is 30.6 Å². The number of hydrogen-bond donors (Lipinski definition) is 1. The van der Waals surface area contributed by atoms with Crippen LogP contribution in [0, 0.1) is 0 Å². The minimum Gasteiger partial charge on any atom is -0.486 e. The molecular formula is C17H19NO6S. The zero-order chi connectivity index (χ0) is 18.2. The van der Waals surface area contributed by atoms with E-state index in [9.17, 15) is 18.0 Å². The summed E-state index contributed by atoms with van der Waals surface area (Å²) >= 11 is 0. The molecule has 0 aromatic heterocycles. The zero-order valence-corrected chi connectivity index (χ0v) is 14.8. The Hall–Kier alpha value is -2.35. The van der Waals surface area contributed by atoms with Gasteiger partial charge in [-0.3, -0.25) is 9.59 Å². The van der Waals surface area contributed by atoms with Crippen LogP contribution in [0.5, 0.6) is 11.5 Å². The summed E-state index contributed by atoms with van der Waals surface area (Å²) < 4.78 is 33.8. The van der Waals surface area contributed by atoms with Crippen LogP contribution in [0.15, 0.2) is 29.7 Å². The average Bonchev–Trinajstić information content (AvgIpc) is 2.82. The molecule has 0 spiro atoms. The highest BCUT2D eigenvalue weighted by atomic mass is 32.2. The smallest absolute Gasteiger partial charge is 0.258 e. The SMILES string of the molecule is CC1(C)CC(=O)c2ccc(OCC(=O)NC3C=CS(=O)(=O)C3)cc2O1. The molecule has 2 aliphatic rings. The molecule has 2 heterocycles. The number of nitrogens with one attached hydrogen (secondary N) is 1. The average molecular weight is 365 g/mol. The normalized spacial score (nSPS) is 22.8. The maximum Gasteiger partial charge on any atom is 0.258 e. The van der Waals surface area contributed by atoms with Gasteiger partial charge in [-0.1, -0.05) is 0 Å². The number of Topliss-reactive ketones (excluding diaryl/α,β-unsaturated/α-hetero) is 1. The van der Waals surface area contributed by atoms with Crippen molar-refractivity contribution in [1.82, 2.24) is 5.32 Å². The molecule has 0 aliphatic carbocycles. The van der Waals surface area contributed by atoms with Gasteiger partial charge >= 0.3 is 0 Å². The highest BCUT2D eigenvalue weighted by Crippen LogP contribution is 2.35. The molecule has 0 radical (unpaired) electrons. The van der Waals surface area contributed by atoms with Crippen molar-refractivity contribution in [2.24, 2.45) is 0 Å². The Morgan fingerprint density at radius 1 is 1.40 bits per heavy atom. The quantitative estimate of drug-likeness (QED) is 0.862. The molecular weight excluding hydrogens is 346 g/mol. The van der Waals surface area contributed by atoms with Gasteiger partial charge in [-0.15, -0.1) is 0 Å². The van der Waals surface area contributed by atoms with Gasteiger partial charge in [0.1, 0.15) is 17.1 Å². The fraction of sp³-hybridized carbons (Fsp3) is 0.412. The number of rotatable bonds is 4. The molecule has 8 heteroatoms. The van der Waals surface area contributed by atoms with E-state index >= 15 is 0 Å². The summed E-state index contributed by atoms with van der Waals surface area (Å²) in [6, 6.07) is 4.27. The molecule has 2 aliphatic heterocycles. The molecule has 7 nitrogen and oxygen atoms in total. The van der Waals surface area contributed by atoms with E-state index in [2.05, 4.69) is 5.32 Å². The van der Waals surface area contributed by atoms with Crippen LogP contribution >= 0.6 is 0 Å². The maximum atomic E-state index is 12.1. The van der Waals surface area contributed by atoms with Crippen molar-refractivity contribution in [2.75, 3.05) is 12.4 Å². The lowest BCUT2D eigenvalue weighted by molar-refractivity contribution is -0.123. The minimum absolute atomic E-state index is 0.00442. The molecule has 3 rings (SSSR count). The van der Waals surface area contributed by atoms with Crippen LogP contribution in [-0.2, 0) is 14.6 Å². The van der Waals surface area contributed by atoms with E-state index in [0.717, 1.165) is 5.41 Å². The molecule has 0 bridgehead atoms. The predicted octanol–water partition coefficient (Wildman–Crippen LogP) is 1.24.